The van der Waals surface area contributed by atoms with E-state index in [9.17, 15) is 0 Å². The molecular formula is C23H26N4O. The first-order chi connectivity index (χ1) is 13.8. The van der Waals surface area contributed by atoms with E-state index in [4.69, 9.17) is 9.72 Å². The van der Waals surface area contributed by atoms with Crippen molar-refractivity contribution in [3.8, 4) is 11.5 Å². The van der Waals surface area contributed by atoms with E-state index in [1.165, 1.54) is 5.56 Å². The molecule has 1 aromatic carbocycles. The third-order valence-corrected chi connectivity index (χ3v) is 5.48. The van der Waals surface area contributed by atoms with Gasteiger partial charge in [0.25, 0.3) is 0 Å². The molecule has 0 spiro atoms. The van der Waals surface area contributed by atoms with Gasteiger partial charge in [0.2, 0.25) is 0 Å². The van der Waals surface area contributed by atoms with Crippen LogP contribution in [0, 0.1) is 0 Å². The largest absolute Gasteiger partial charge is 0.381 e. The van der Waals surface area contributed by atoms with Crippen LogP contribution in [0.4, 0.5) is 5.82 Å². The van der Waals surface area contributed by atoms with Crippen LogP contribution in [0.1, 0.15) is 31.0 Å². The molecular weight excluding hydrogens is 348 g/mol. The lowest BCUT2D eigenvalue weighted by atomic mass is 9.74. The average molecular weight is 374 g/mol. The van der Waals surface area contributed by atoms with Gasteiger partial charge in [-0.3, -0.25) is 4.98 Å². The second kappa shape index (κ2) is 8.48. The Morgan fingerprint density at radius 3 is 2.50 bits per heavy atom. The van der Waals surface area contributed by atoms with Crippen molar-refractivity contribution in [3.63, 3.8) is 0 Å². The minimum absolute atomic E-state index is 0.0575. The van der Waals surface area contributed by atoms with Gasteiger partial charge in [0, 0.05) is 43.1 Å². The lowest BCUT2D eigenvalue weighted by Crippen LogP contribution is -2.40. The Hall–Kier alpha value is -2.79. The zero-order valence-corrected chi connectivity index (χ0v) is 16.3. The van der Waals surface area contributed by atoms with Crippen molar-refractivity contribution < 1.29 is 4.74 Å². The minimum atomic E-state index is 0.0575. The van der Waals surface area contributed by atoms with Gasteiger partial charge in [-0.25, -0.2) is 9.97 Å². The van der Waals surface area contributed by atoms with Crippen LogP contribution in [0.3, 0.4) is 0 Å². The molecule has 2 aromatic heterocycles. The molecule has 1 fully saturated rings. The van der Waals surface area contributed by atoms with E-state index in [0.29, 0.717) is 5.82 Å². The zero-order valence-electron chi connectivity index (χ0n) is 16.3. The number of anilines is 1. The molecule has 0 unspecified atom stereocenters. The normalized spacial score (nSPS) is 15.9. The summed E-state index contributed by atoms with van der Waals surface area (Å²) in [4.78, 5) is 13.8. The SMILES string of the molecule is CCc1cc(NCC2(c3ccccc3)CCOCC2)nc(-c2ccccn2)n1. The van der Waals surface area contributed by atoms with Crippen LogP contribution in [0.15, 0.2) is 60.8 Å². The van der Waals surface area contributed by atoms with Crippen LogP contribution in [0.25, 0.3) is 11.5 Å². The number of aryl methyl sites for hydroxylation is 1. The number of rotatable bonds is 6. The van der Waals surface area contributed by atoms with Gasteiger partial charge in [0.1, 0.15) is 11.5 Å². The fraction of sp³-hybridized carbons (Fsp3) is 0.348. The van der Waals surface area contributed by atoms with Gasteiger partial charge >= 0.3 is 0 Å². The predicted octanol–water partition coefficient (Wildman–Crippen LogP) is 4.26. The van der Waals surface area contributed by atoms with Gasteiger partial charge in [0.05, 0.1) is 0 Å². The minimum Gasteiger partial charge on any atom is -0.381 e. The topological polar surface area (TPSA) is 59.9 Å². The summed E-state index contributed by atoms with van der Waals surface area (Å²) in [5.41, 5.74) is 3.23. The quantitative estimate of drug-likeness (QED) is 0.698. The number of pyridine rings is 1. The Labute approximate surface area is 166 Å². The first-order valence-corrected chi connectivity index (χ1v) is 9.96. The average Bonchev–Trinajstić information content (AvgIpc) is 2.79. The highest BCUT2D eigenvalue weighted by molar-refractivity contribution is 5.53. The first kappa shape index (κ1) is 18.6. The molecule has 144 valence electrons. The van der Waals surface area contributed by atoms with Crippen molar-refractivity contribution in [1.29, 1.82) is 0 Å². The molecule has 1 saturated heterocycles. The Morgan fingerprint density at radius 2 is 1.79 bits per heavy atom. The Bertz CT molecular complexity index is 893. The molecule has 0 amide bonds. The lowest BCUT2D eigenvalue weighted by Gasteiger charge is -2.38. The Morgan fingerprint density at radius 1 is 1.00 bits per heavy atom. The highest BCUT2D eigenvalue weighted by Crippen LogP contribution is 2.35. The number of benzene rings is 1. The Kier molecular flexibility index (Phi) is 5.63. The molecule has 1 N–H and O–H groups in total. The van der Waals surface area contributed by atoms with E-state index < -0.39 is 0 Å². The number of hydrogen-bond donors (Lipinski definition) is 1. The molecule has 1 aliphatic heterocycles. The number of nitrogens with zero attached hydrogens (tertiary/aromatic N) is 3. The number of nitrogens with one attached hydrogen (secondary N) is 1. The molecule has 28 heavy (non-hydrogen) atoms. The highest BCUT2D eigenvalue weighted by atomic mass is 16.5. The van der Waals surface area contributed by atoms with Crippen molar-refractivity contribution in [2.75, 3.05) is 25.1 Å². The van der Waals surface area contributed by atoms with Crippen molar-refractivity contribution in [3.05, 3.63) is 72.1 Å². The maximum atomic E-state index is 5.65. The van der Waals surface area contributed by atoms with E-state index in [1.54, 1.807) is 6.20 Å². The van der Waals surface area contributed by atoms with E-state index in [2.05, 4.69) is 52.5 Å². The molecule has 0 radical (unpaired) electrons. The summed E-state index contributed by atoms with van der Waals surface area (Å²) in [6.45, 7) is 4.51. The third-order valence-electron chi connectivity index (χ3n) is 5.48. The summed E-state index contributed by atoms with van der Waals surface area (Å²) >= 11 is 0. The lowest BCUT2D eigenvalue weighted by molar-refractivity contribution is 0.0543. The van der Waals surface area contributed by atoms with Gasteiger partial charge in [-0.1, -0.05) is 43.3 Å². The molecule has 3 aromatic rings. The van der Waals surface area contributed by atoms with Gasteiger partial charge < -0.3 is 10.1 Å². The van der Waals surface area contributed by atoms with E-state index in [-0.39, 0.29) is 5.41 Å². The summed E-state index contributed by atoms with van der Waals surface area (Å²) in [6, 6.07) is 18.6. The van der Waals surface area contributed by atoms with Gasteiger partial charge in [0.15, 0.2) is 5.82 Å². The van der Waals surface area contributed by atoms with Crippen molar-refractivity contribution in [2.24, 2.45) is 0 Å². The molecule has 0 aliphatic carbocycles. The fourth-order valence-corrected chi connectivity index (χ4v) is 3.76. The predicted molar refractivity (Wildman–Crippen MR) is 111 cm³/mol. The Balaban J connectivity index is 1.61. The summed E-state index contributed by atoms with van der Waals surface area (Å²) in [7, 11) is 0. The van der Waals surface area contributed by atoms with Gasteiger partial charge in [-0.05, 0) is 37.0 Å². The maximum Gasteiger partial charge on any atom is 0.180 e. The molecule has 0 atom stereocenters. The molecule has 0 bridgehead atoms. The van der Waals surface area contributed by atoms with Crippen LogP contribution in [-0.2, 0) is 16.6 Å². The summed E-state index contributed by atoms with van der Waals surface area (Å²) in [5, 5.41) is 3.60. The first-order valence-electron chi connectivity index (χ1n) is 9.96. The second-order valence-electron chi connectivity index (χ2n) is 7.25. The summed E-state index contributed by atoms with van der Waals surface area (Å²) < 4.78 is 5.65. The molecule has 0 saturated carbocycles. The smallest absolute Gasteiger partial charge is 0.180 e. The van der Waals surface area contributed by atoms with E-state index in [0.717, 1.165) is 56.2 Å². The number of hydrogen-bond acceptors (Lipinski definition) is 5. The van der Waals surface area contributed by atoms with Crippen molar-refractivity contribution in [2.45, 2.75) is 31.6 Å². The van der Waals surface area contributed by atoms with Crippen molar-refractivity contribution in [1.82, 2.24) is 15.0 Å². The second-order valence-corrected chi connectivity index (χ2v) is 7.25. The molecule has 5 nitrogen and oxygen atoms in total. The van der Waals surface area contributed by atoms with Crippen LogP contribution < -0.4 is 5.32 Å². The van der Waals surface area contributed by atoms with Gasteiger partial charge in [-0.15, -0.1) is 0 Å². The highest BCUT2D eigenvalue weighted by Gasteiger charge is 2.34. The van der Waals surface area contributed by atoms with E-state index in [1.807, 2.05) is 24.3 Å². The van der Waals surface area contributed by atoms with Gasteiger partial charge in [-0.2, -0.15) is 0 Å². The summed E-state index contributed by atoms with van der Waals surface area (Å²) in [5.74, 6) is 1.53. The summed E-state index contributed by atoms with van der Waals surface area (Å²) in [6.07, 6.45) is 4.64. The molecule has 3 heterocycles. The number of ether oxygens (including phenoxy) is 1. The third kappa shape index (κ3) is 4.04. The van der Waals surface area contributed by atoms with E-state index >= 15 is 0 Å². The van der Waals surface area contributed by atoms with Crippen LogP contribution >= 0.6 is 0 Å². The van der Waals surface area contributed by atoms with Crippen LogP contribution in [-0.4, -0.2) is 34.7 Å². The molecule has 5 heteroatoms. The number of aromatic nitrogens is 3. The van der Waals surface area contributed by atoms with Crippen LogP contribution in [0.5, 0.6) is 0 Å². The molecule has 1 aliphatic rings. The monoisotopic (exact) mass is 374 g/mol. The van der Waals surface area contributed by atoms with Crippen LogP contribution in [0.2, 0.25) is 0 Å². The fourth-order valence-electron chi connectivity index (χ4n) is 3.76. The van der Waals surface area contributed by atoms with Crippen molar-refractivity contribution >= 4 is 5.82 Å². The maximum absolute atomic E-state index is 5.65. The standard InChI is InChI=1S/C23H26N4O/c1-2-19-16-21(27-22(26-19)20-10-6-7-13-24-20)25-17-23(11-14-28-15-12-23)18-8-4-3-5-9-18/h3-10,13,16H,2,11-12,14-15,17H2,1H3,(H,25,26,27). The zero-order chi connectivity index (χ0) is 19.2. The molecule has 4 rings (SSSR count).